The summed E-state index contributed by atoms with van der Waals surface area (Å²) in [6, 6.07) is 5.18. The van der Waals surface area contributed by atoms with E-state index in [0.29, 0.717) is 12.1 Å². The Hall–Kier alpha value is -0.450. The van der Waals surface area contributed by atoms with E-state index in [4.69, 9.17) is 0 Å². The fourth-order valence-corrected chi connectivity index (χ4v) is 2.57. The van der Waals surface area contributed by atoms with Gasteiger partial charge in [0, 0.05) is 28.0 Å². The second kappa shape index (κ2) is 4.67. The highest BCUT2D eigenvalue weighted by Crippen LogP contribution is 2.40. The van der Waals surface area contributed by atoms with Gasteiger partial charge in [-0.1, -0.05) is 29.8 Å². The second-order valence-corrected chi connectivity index (χ2v) is 6.16. The molecule has 2 atom stereocenters. The third-order valence-electron chi connectivity index (χ3n) is 3.76. The van der Waals surface area contributed by atoms with Gasteiger partial charge < -0.3 is 10.4 Å². The van der Waals surface area contributed by atoms with Crippen LogP contribution in [0, 0.1) is 11.2 Å². The highest BCUT2D eigenvalue weighted by atomic mass is 79.9. The Morgan fingerprint density at radius 1 is 1.53 bits per heavy atom. The summed E-state index contributed by atoms with van der Waals surface area (Å²) in [6.45, 7) is 4.54. The van der Waals surface area contributed by atoms with Gasteiger partial charge in [0.2, 0.25) is 0 Å². The minimum absolute atomic E-state index is 0.123. The fraction of sp³-hybridized carbons (Fsp3) is 0.538. The Kier molecular flexibility index (Phi) is 3.57. The molecule has 0 aliphatic heterocycles. The van der Waals surface area contributed by atoms with E-state index in [1.54, 1.807) is 12.1 Å². The van der Waals surface area contributed by atoms with Gasteiger partial charge in [-0.25, -0.2) is 4.39 Å². The van der Waals surface area contributed by atoms with Crippen LogP contribution in [-0.4, -0.2) is 17.3 Å². The van der Waals surface area contributed by atoms with Crippen LogP contribution in [-0.2, 0) is 6.54 Å². The van der Waals surface area contributed by atoms with E-state index >= 15 is 0 Å². The third-order valence-corrected chi connectivity index (χ3v) is 4.26. The molecule has 1 aliphatic rings. The molecule has 2 N–H and O–H groups in total. The molecule has 4 heteroatoms. The minimum atomic E-state index is -0.257. The first-order chi connectivity index (χ1) is 7.91. The van der Waals surface area contributed by atoms with Crippen LogP contribution in [0.5, 0.6) is 0 Å². The molecular formula is C13H17BrFNO. The molecule has 0 radical (unpaired) electrons. The normalized spacial score (nSPS) is 26.6. The van der Waals surface area contributed by atoms with Crippen molar-refractivity contribution in [2.45, 2.75) is 39.0 Å². The van der Waals surface area contributed by atoms with Crippen molar-refractivity contribution in [3.05, 3.63) is 34.1 Å². The van der Waals surface area contributed by atoms with E-state index in [0.717, 1.165) is 10.9 Å². The SMILES string of the molecule is CC1(C)C(O)CC1NCc1cc(Br)ccc1F. The summed E-state index contributed by atoms with van der Waals surface area (Å²) in [7, 11) is 0. The highest BCUT2D eigenvalue weighted by Gasteiger charge is 2.46. The van der Waals surface area contributed by atoms with Crippen molar-refractivity contribution in [1.29, 1.82) is 0 Å². The van der Waals surface area contributed by atoms with Gasteiger partial charge in [-0.3, -0.25) is 0 Å². The molecule has 1 aromatic rings. The lowest BCUT2D eigenvalue weighted by Gasteiger charge is -2.49. The Labute approximate surface area is 109 Å². The van der Waals surface area contributed by atoms with Gasteiger partial charge in [0.1, 0.15) is 5.82 Å². The summed E-state index contributed by atoms with van der Waals surface area (Å²) in [5.41, 5.74) is 0.527. The Morgan fingerprint density at radius 3 is 2.82 bits per heavy atom. The second-order valence-electron chi connectivity index (χ2n) is 5.24. The molecule has 0 saturated heterocycles. The standard InChI is InChI=1S/C13H17BrFNO/c1-13(2)11(6-12(13)17)16-7-8-5-9(14)3-4-10(8)15/h3-5,11-12,16-17H,6-7H2,1-2H3. The van der Waals surface area contributed by atoms with E-state index in [1.807, 2.05) is 13.8 Å². The maximum Gasteiger partial charge on any atom is 0.127 e. The minimum Gasteiger partial charge on any atom is -0.392 e. The molecular weight excluding hydrogens is 285 g/mol. The van der Waals surface area contributed by atoms with Gasteiger partial charge in [0.05, 0.1) is 6.10 Å². The predicted molar refractivity (Wildman–Crippen MR) is 69.1 cm³/mol. The van der Waals surface area contributed by atoms with E-state index in [1.165, 1.54) is 6.07 Å². The molecule has 2 nitrogen and oxygen atoms in total. The zero-order valence-corrected chi connectivity index (χ0v) is 11.6. The van der Waals surface area contributed by atoms with E-state index in [2.05, 4.69) is 21.2 Å². The van der Waals surface area contributed by atoms with Crippen LogP contribution in [0.25, 0.3) is 0 Å². The molecule has 2 rings (SSSR count). The maximum absolute atomic E-state index is 13.5. The van der Waals surface area contributed by atoms with Crippen molar-refractivity contribution in [2.75, 3.05) is 0 Å². The van der Waals surface area contributed by atoms with E-state index in [-0.39, 0.29) is 23.4 Å². The van der Waals surface area contributed by atoms with Crippen LogP contribution in [0.3, 0.4) is 0 Å². The Bertz CT molecular complexity index is 422. The lowest BCUT2D eigenvalue weighted by atomic mass is 9.64. The van der Waals surface area contributed by atoms with Crippen LogP contribution in [0.1, 0.15) is 25.8 Å². The summed E-state index contributed by atoms with van der Waals surface area (Å²) in [5.74, 6) is -0.196. The van der Waals surface area contributed by atoms with Crippen molar-refractivity contribution >= 4 is 15.9 Å². The van der Waals surface area contributed by atoms with Crippen LogP contribution >= 0.6 is 15.9 Å². The molecule has 2 unspecified atom stereocenters. The molecule has 0 aromatic heterocycles. The van der Waals surface area contributed by atoms with Gasteiger partial charge >= 0.3 is 0 Å². The summed E-state index contributed by atoms with van der Waals surface area (Å²) in [5, 5.41) is 12.9. The van der Waals surface area contributed by atoms with Crippen molar-refractivity contribution in [1.82, 2.24) is 5.32 Å². The molecule has 0 amide bonds. The molecule has 0 bridgehead atoms. The maximum atomic E-state index is 13.5. The average Bonchev–Trinajstić information content (AvgIpc) is 2.28. The van der Waals surface area contributed by atoms with Gasteiger partial charge in [0.25, 0.3) is 0 Å². The third kappa shape index (κ3) is 2.54. The Morgan fingerprint density at radius 2 is 2.24 bits per heavy atom. The first-order valence-electron chi connectivity index (χ1n) is 5.76. The first-order valence-corrected chi connectivity index (χ1v) is 6.56. The van der Waals surface area contributed by atoms with E-state index < -0.39 is 0 Å². The summed E-state index contributed by atoms with van der Waals surface area (Å²) in [4.78, 5) is 0. The van der Waals surface area contributed by atoms with Crippen LogP contribution in [0.4, 0.5) is 4.39 Å². The molecule has 17 heavy (non-hydrogen) atoms. The lowest BCUT2D eigenvalue weighted by Crippen LogP contribution is -2.59. The number of nitrogens with one attached hydrogen (secondary N) is 1. The predicted octanol–water partition coefficient (Wildman–Crippen LogP) is 2.84. The monoisotopic (exact) mass is 301 g/mol. The molecule has 1 saturated carbocycles. The average molecular weight is 302 g/mol. The van der Waals surface area contributed by atoms with E-state index in [9.17, 15) is 9.50 Å². The zero-order valence-electron chi connectivity index (χ0n) is 10.0. The van der Waals surface area contributed by atoms with Gasteiger partial charge in [-0.2, -0.15) is 0 Å². The van der Waals surface area contributed by atoms with Gasteiger partial charge in [0.15, 0.2) is 0 Å². The lowest BCUT2D eigenvalue weighted by molar-refractivity contribution is -0.0730. The number of benzene rings is 1. The van der Waals surface area contributed by atoms with Crippen molar-refractivity contribution in [3.63, 3.8) is 0 Å². The number of halogens is 2. The van der Waals surface area contributed by atoms with Crippen molar-refractivity contribution < 1.29 is 9.50 Å². The first kappa shape index (κ1) is 13.0. The number of hydrogen-bond donors (Lipinski definition) is 2. The summed E-state index contributed by atoms with van der Waals surface area (Å²) < 4.78 is 14.4. The van der Waals surface area contributed by atoms with Crippen LogP contribution in [0.15, 0.2) is 22.7 Å². The van der Waals surface area contributed by atoms with Crippen LogP contribution in [0.2, 0.25) is 0 Å². The largest absolute Gasteiger partial charge is 0.392 e. The van der Waals surface area contributed by atoms with Crippen molar-refractivity contribution in [3.8, 4) is 0 Å². The molecule has 0 spiro atoms. The zero-order chi connectivity index (χ0) is 12.6. The summed E-state index contributed by atoms with van der Waals surface area (Å²) in [6.07, 6.45) is 0.482. The quantitative estimate of drug-likeness (QED) is 0.900. The smallest absolute Gasteiger partial charge is 0.127 e. The van der Waals surface area contributed by atoms with Gasteiger partial charge in [-0.15, -0.1) is 0 Å². The number of aliphatic hydroxyl groups is 1. The summed E-state index contributed by atoms with van der Waals surface area (Å²) >= 11 is 3.33. The topological polar surface area (TPSA) is 32.3 Å². The van der Waals surface area contributed by atoms with Crippen LogP contribution < -0.4 is 5.32 Å². The molecule has 1 aromatic carbocycles. The highest BCUT2D eigenvalue weighted by molar-refractivity contribution is 9.10. The molecule has 1 fully saturated rings. The molecule has 0 heterocycles. The van der Waals surface area contributed by atoms with Crippen molar-refractivity contribution in [2.24, 2.45) is 5.41 Å². The fourth-order valence-electron chi connectivity index (χ4n) is 2.16. The molecule has 1 aliphatic carbocycles. The number of hydrogen-bond acceptors (Lipinski definition) is 2. The number of aliphatic hydroxyl groups excluding tert-OH is 1. The number of rotatable bonds is 3. The Balaban J connectivity index is 1.97. The van der Waals surface area contributed by atoms with Gasteiger partial charge in [-0.05, 0) is 24.6 Å². The molecule has 94 valence electrons.